The molecular weight excluding hydrogens is 351 g/mol. The lowest BCUT2D eigenvalue weighted by molar-refractivity contribution is 0.444. The Balaban J connectivity index is 1.90. The van der Waals surface area contributed by atoms with Crippen LogP contribution in [0.15, 0.2) is 24.4 Å². The third-order valence-electron chi connectivity index (χ3n) is 5.39. The van der Waals surface area contributed by atoms with Crippen LogP contribution in [-0.2, 0) is 0 Å². The van der Waals surface area contributed by atoms with E-state index < -0.39 is 17.5 Å². The summed E-state index contributed by atoms with van der Waals surface area (Å²) in [6.45, 7) is 3.41. The first-order valence-electron chi connectivity index (χ1n) is 9.35. The molecule has 6 heteroatoms. The lowest BCUT2D eigenvalue weighted by atomic mass is 9.95. The number of hydrogen-bond acceptors (Lipinski definition) is 2. The number of aromatic nitrogens is 2. The molecule has 2 aromatic heterocycles. The number of fused-ring (bicyclic) bond motifs is 1. The molecule has 0 bridgehead atoms. The van der Waals surface area contributed by atoms with Gasteiger partial charge < -0.3 is 5.32 Å². The second-order valence-electron chi connectivity index (χ2n) is 7.38. The molecule has 1 aliphatic rings. The van der Waals surface area contributed by atoms with E-state index >= 15 is 0 Å². The molecule has 3 aromatic rings. The maximum Gasteiger partial charge on any atom is 0.194 e. The van der Waals surface area contributed by atoms with Gasteiger partial charge in [-0.05, 0) is 56.0 Å². The standard InChI is InChI=1S/C21H22F3N3/c1-12-8-9-27-17(10-12)26-20(21(27)25-14-6-4-3-5-7-14)15-11-16(22)19(24)18(23)13(15)2/h8-11,14,25H,3-7H2,1-2H3. The van der Waals surface area contributed by atoms with Crippen LogP contribution in [0.25, 0.3) is 16.9 Å². The molecule has 0 saturated heterocycles. The summed E-state index contributed by atoms with van der Waals surface area (Å²) < 4.78 is 43.6. The first kappa shape index (κ1) is 17.9. The lowest BCUT2D eigenvalue weighted by Gasteiger charge is -2.24. The molecule has 1 aliphatic carbocycles. The molecule has 1 saturated carbocycles. The Hall–Kier alpha value is -2.50. The molecule has 1 aromatic carbocycles. The molecule has 0 radical (unpaired) electrons. The van der Waals surface area contributed by atoms with Crippen LogP contribution in [0, 0.1) is 31.3 Å². The fraction of sp³-hybridized carbons (Fsp3) is 0.381. The van der Waals surface area contributed by atoms with Crippen molar-refractivity contribution in [2.75, 3.05) is 5.32 Å². The van der Waals surface area contributed by atoms with Crippen LogP contribution in [0.2, 0.25) is 0 Å². The Kier molecular flexibility index (Phi) is 4.58. The second-order valence-corrected chi connectivity index (χ2v) is 7.38. The second kappa shape index (κ2) is 6.91. The van der Waals surface area contributed by atoms with Gasteiger partial charge in [-0.3, -0.25) is 4.40 Å². The fourth-order valence-electron chi connectivity index (χ4n) is 3.84. The summed E-state index contributed by atoms with van der Waals surface area (Å²) in [5.74, 6) is -3.12. The largest absolute Gasteiger partial charge is 0.367 e. The van der Waals surface area contributed by atoms with Crippen molar-refractivity contribution in [1.82, 2.24) is 9.38 Å². The maximum absolute atomic E-state index is 14.2. The number of imidazole rings is 1. The van der Waals surface area contributed by atoms with Gasteiger partial charge in [0.25, 0.3) is 0 Å². The third-order valence-corrected chi connectivity index (χ3v) is 5.39. The predicted octanol–water partition coefficient (Wildman–Crippen LogP) is 5.78. The van der Waals surface area contributed by atoms with Crippen LogP contribution in [0.1, 0.15) is 43.2 Å². The minimum absolute atomic E-state index is 0.0562. The molecule has 142 valence electrons. The van der Waals surface area contributed by atoms with Crippen molar-refractivity contribution in [1.29, 1.82) is 0 Å². The molecule has 4 rings (SSSR count). The monoisotopic (exact) mass is 373 g/mol. The summed E-state index contributed by atoms with van der Waals surface area (Å²) in [6.07, 6.45) is 7.53. The number of hydrogen-bond donors (Lipinski definition) is 1. The van der Waals surface area contributed by atoms with Gasteiger partial charge in [-0.25, -0.2) is 18.2 Å². The van der Waals surface area contributed by atoms with Crippen molar-refractivity contribution in [2.24, 2.45) is 0 Å². The van der Waals surface area contributed by atoms with Crippen molar-refractivity contribution >= 4 is 11.5 Å². The summed E-state index contributed by atoms with van der Waals surface area (Å²) >= 11 is 0. The Labute approximate surface area is 156 Å². The molecule has 0 amide bonds. The molecule has 0 spiro atoms. The van der Waals surface area contributed by atoms with Crippen LogP contribution in [0.3, 0.4) is 0 Å². The molecule has 0 unspecified atom stereocenters. The third kappa shape index (κ3) is 3.17. The SMILES string of the molecule is Cc1ccn2c(NC3CCCCC3)c(-c3cc(F)c(F)c(F)c3C)nc2c1. The average Bonchev–Trinajstić information content (AvgIpc) is 3.01. The van der Waals surface area contributed by atoms with Crippen molar-refractivity contribution in [3.63, 3.8) is 0 Å². The van der Waals surface area contributed by atoms with E-state index in [-0.39, 0.29) is 17.2 Å². The normalized spacial score (nSPS) is 15.4. The van der Waals surface area contributed by atoms with Gasteiger partial charge in [0.2, 0.25) is 0 Å². The molecule has 3 nitrogen and oxygen atoms in total. The van der Waals surface area contributed by atoms with Gasteiger partial charge >= 0.3 is 0 Å². The zero-order valence-corrected chi connectivity index (χ0v) is 15.5. The van der Waals surface area contributed by atoms with E-state index in [9.17, 15) is 13.2 Å². The summed E-state index contributed by atoms with van der Waals surface area (Å²) in [5, 5.41) is 3.53. The van der Waals surface area contributed by atoms with Gasteiger partial charge in [-0.2, -0.15) is 0 Å². The van der Waals surface area contributed by atoms with E-state index in [0.29, 0.717) is 17.2 Å². The summed E-state index contributed by atoms with van der Waals surface area (Å²) in [7, 11) is 0. The molecule has 1 fully saturated rings. The predicted molar refractivity (Wildman–Crippen MR) is 100 cm³/mol. The van der Waals surface area contributed by atoms with Crippen LogP contribution in [-0.4, -0.2) is 15.4 Å². The van der Waals surface area contributed by atoms with Gasteiger partial charge in [-0.15, -0.1) is 0 Å². The highest BCUT2D eigenvalue weighted by atomic mass is 19.2. The highest BCUT2D eigenvalue weighted by molar-refractivity contribution is 5.79. The van der Waals surface area contributed by atoms with Crippen molar-refractivity contribution in [3.05, 3.63) is 53.0 Å². The van der Waals surface area contributed by atoms with Crippen LogP contribution in [0.4, 0.5) is 19.0 Å². The Morgan fingerprint density at radius 1 is 1.04 bits per heavy atom. The number of nitrogens with one attached hydrogen (secondary N) is 1. The smallest absolute Gasteiger partial charge is 0.194 e. The molecule has 27 heavy (non-hydrogen) atoms. The number of halogens is 3. The summed E-state index contributed by atoms with van der Waals surface area (Å²) in [6, 6.07) is 5.20. The maximum atomic E-state index is 14.2. The van der Waals surface area contributed by atoms with E-state index in [0.717, 1.165) is 37.3 Å². The van der Waals surface area contributed by atoms with Crippen molar-refractivity contribution in [2.45, 2.75) is 52.0 Å². The van der Waals surface area contributed by atoms with Crippen LogP contribution in [0.5, 0.6) is 0 Å². The minimum Gasteiger partial charge on any atom is -0.367 e. The number of pyridine rings is 1. The molecular formula is C21H22F3N3. The first-order chi connectivity index (χ1) is 13.0. The van der Waals surface area contributed by atoms with E-state index in [2.05, 4.69) is 10.3 Å². The zero-order chi connectivity index (χ0) is 19.1. The number of nitrogens with zero attached hydrogens (tertiary/aromatic N) is 2. The minimum atomic E-state index is -1.45. The van der Waals surface area contributed by atoms with Crippen LogP contribution < -0.4 is 5.32 Å². The van der Waals surface area contributed by atoms with E-state index in [1.807, 2.05) is 29.7 Å². The quantitative estimate of drug-likeness (QED) is 0.590. The van der Waals surface area contributed by atoms with E-state index in [4.69, 9.17) is 0 Å². The van der Waals surface area contributed by atoms with Gasteiger partial charge in [0.15, 0.2) is 17.5 Å². The van der Waals surface area contributed by atoms with Crippen LogP contribution >= 0.6 is 0 Å². The van der Waals surface area contributed by atoms with Gasteiger partial charge in [0.05, 0.1) is 0 Å². The topological polar surface area (TPSA) is 29.3 Å². The molecule has 0 atom stereocenters. The highest BCUT2D eigenvalue weighted by Gasteiger charge is 2.24. The number of anilines is 1. The Bertz CT molecular complexity index is 1000. The average molecular weight is 373 g/mol. The summed E-state index contributed by atoms with van der Waals surface area (Å²) in [5.41, 5.74) is 2.50. The van der Waals surface area contributed by atoms with Crippen molar-refractivity contribution < 1.29 is 13.2 Å². The van der Waals surface area contributed by atoms with E-state index in [1.54, 1.807) is 0 Å². The van der Waals surface area contributed by atoms with Gasteiger partial charge in [0, 0.05) is 17.8 Å². The molecule has 0 aliphatic heterocycles. The fourth-order valence-corrected chi connectivity index (χ4v) is 3.84. The zero-order valence-electron chi connectivity index (χ0n) is 15.5. The summed E-state index contributed by atoms with van der Waals surface area (Å²) in [4.78, 5) is 4.63. The Morgan fingerprint density at radius 3 is 2.52 bits per heavy atom. The highest BCUT2D eigenvalue weighted by Crippen LogP contribution is 2.35. The lowest BCUT2D eigenvalue weighted by Crippen LogP contribution is -2.23. The van der Waals surface area contributed by atoms with Gasteiger partial charge in [0.1, 0.15) is 17.2 Å². The first-order valence-corrected chi connectivity index (χ1v) is 9.35. The molecule has 1 N–H and O–H groups in total. The Morgan fingerprint density at radius 2 is 1.78 bits per heavy atom. The molecule has 2 heterocycles. The van der Waals surface area contributed by atoms with Crippen molar-refractivity contribution in [3.8, 4) is 11.3 Å². The number of aryl methyl sites for hydroxylation is 1. The van der Waals surface area contributed by atoms with E-state index in [1.165, 1.54) is 13.3 Å². The number of benzene rings is 1. The van der Waals surface area contributed by atoms with Gasteiger partial charge in [-0.1, -0.05) is 19.3 Å². The number of rotatable bonds is 3.